The van der Waals surface area contributed by atoms with Crippen LogP contribution >= 0.6 is 0 Å². The molecule has 5 aromatic rings. The van der Waals surface area contributed by atoms with Crippen LogP contribution in [0.1, 0.15) is 18.7 Å². The molecule has 43 heavy (non-hydrogen) atoms. The number of furan rings is 1. The summed E-state index contributed by atoms with van der Waals surface area (Å²) < 4.78 is 48.6. The number of amides is 1. The van der Waals surface area contributed by atoms with Gasteiger partial charge in [-0.1, -0.05) is 42.5 Å². The number of carboxylic acids is 1. The van der Waals surface area contributed by atoms with Crippen molar-refractivity contribution in [2.45, 2.75) is 32.2 Å². The summed E-state index contributed by atoms with van der Waals surface area (Å²) in [7, 11) is 0. The molecule has 0 aliphatic carbocycles. The molecule has 1 amide bonds. The number of carbonyl (C=O) groups excluding carboxylic acids is 1. The molecule has 3 aromatic carbocycles. The Hall–Kier alpha value is -5.13. The standard InChI is InChI=1S/C31H25F3N4O5/c1-17-35-27-22-7-3-4-8-24(22)42-28(27)29(36-17)38-16-18(14-23(38)30(40)41)15-26(39)37-20-12-10-19(11-13-20)21-6-2-5-9-25(21)43-31(32,33)34/h2-13,18,23H,14-16H2,1H3,(H,37,39)(H,40,41)/t18-,23+/m1/s1. The van der Waals surface area contributed by atoms with Crippen molar-refractivity contribution in [2.75, 3.05) is 16.8 Å². The smallest absolute Gasteiger partial charge is 0.480 e. The molecule has 0 unspecified atom stereocenters. The second-order valence-electron chi connectivity index (χ2n) is 10.4. The van der Waals surface area contributed by atoms with Crippen LogP contribution < -0.4 is 15.0 Å². The molecule has 2 aromatic heterocycles. The topological polar surface area (TPSA) is 118 Å². The van der Waals surface area contributed by atoms with Crippen molar-refractivity contribution < 1.29 is 37.0 Å². The van der Waals surface area contributed by atoms with Crippen LogP contribution in [-0.4, -0.2) is 45.9 Å². The van der Waals surface area contributed by atoms with Gasteiger partial charge in [0.1, 0.15) is 28.7 Å². The summed E-state index contributed by atoms with van der Waals surface area (Å²) in [5.41, 5.74) is 2.78. The van der Waals surface area contributed by atoms with Gasteiger partial charge in [0.2, 0.25) is 5.91 Å². The number of nitrogens with zero attached hydrogens (tertiary/aromatic N) is 3. The highest BCUT2D eigenvalue weighted by molar-refractivity contribution is 6.06. The lowest BCUT2D eigenvalue weighted by atomic mass is 10.0. The third-order valence-electron chi connectivity index (χ3n) is 7.32. The zero-order chi connectivity index (χ0) is 30.3. The van der Waals surface area contributed by atoms with Gasteiger partial charge in [-0.15, -0.1) is 13.2 Å². The molecule has 220 valence electrons. The average Bonchev–Trinajstić information content (AvgIpc) is 3.54. The largest absolute Gasteiger partial charge is 0.573 e. The predicted molar refractivity (Wildman–Crippen MR) is 153 cm³/mol. The van der Waals surface area contributed by atoms with Gasteiger partial charge in [-0.3, -0.25) is 4.79 Å². The van der Waals surface area contributed by atoms with Gasteiger partial charge in [-0.05, 0) is 55.2 Å². The number of halogens is 3. The number of ether oxygens (including phenoxy) is 1. The van der Waals surface area contributed by atoms with Crippen molar-refractivity contribution in [3.05, 3.63) is 78.6 Å². The first kappa shape index (κ1) is 28.0. The van der Waals surface area contributed by atoms with Crippen LogP contribution in [0.25, 0.3) is 33.2 Å². The second-order valence-corrected chi connectivity index (χ2v) is 10.4. The maximum atomic E-state index is 13.0. The van der Waals surface area contributed by atoms with E-state index in [1.165, 1.54) is 18.2 Å². The minimum atomic E-state index is -4.83. The minimum absolute atomic E-state index is 0.0532. The van der Waals surface area contributed by atoms with E-state index in [2.05, 4.69) is 20.0 Å². The first-order valence-corrected chi connectivity index (χ1v) is 13.5. The number of carbonyl (C=O) groups is 2. The van der Waals surface area contributed by atoms with Crippen LogP contribution in [-0.2, 0) is 9.59 Å². The number of para-hydroxylation sites is 2. The molecule has 0 radical (unpaired) electrons. The van der Waals surface area contributed by atoms with E-state index in [0.29, 0.717) is 39.6 Å². The lowest BCUT2D eigenvalue weighted by molar-refractivity contribution is -0.274. The van der Waals surface area contributed by atoms with Crippen LogP contribution in [0.3, 0.4) is 0 Å². The molecule has 1 aliphatic rings. The molecular formula is C31H25F3N4O5. The van der Waals surface area contributed by atoms with E-state index >= 15 is 0 Å². The normalized spacial score (nSPS) is 17.0. The van der Waals surface area contributed by atoms with Gasteiger partial charge >= 0.3 is 12.3 Å². The summed E-state index contributed by atoms with van der Waals surface area (Å²) in [4.78, 5) is 36.0. The maximum Gasteiger partial charge on any atom is 0.573 e. The summed E-state index contributed by atoms with van der Waals surface area (Å²) in [6, 6.07) is 18.6. The van der Waals surface area contributed by atoms with Gasteiger partial charge in [0.15, 0.2) is 11.4 Å². The van der Waals surface area contributed by atoms with Crippen LogP contribution in [0.5, 0.6) is 5.75 Å². The van der Waals surface area contributed by atoms with Crippen molar-refractivity contribution in [1.29, 1.82) is 0 Å². The van der Waals surface area contributed by atoms with E-state index in [-0.39, 0.29) is 42.5 Å². The number of nitrogens with one attached hydrogen (secondary N) is 1. The predicted octanol–water partition coefficient (Wildman–Crippen LogP) is 6.56. The van der Waals surface area contributed by atoms with Crippen molar-refractivity contribution in [1.82, 2.24) is 9.97 Å². The third-order valence-corrected chi connectivity index (χ3v) is 7.32. The number of aryl methyl sites for hydroxylation is 1. The lowest BCUT2D eigenvalue weighted by Crippen LogP contribution is -2.36. The Morgan fingerprint density at radius 2 is 1.77 bits per heavy atom. The molecule has 0 bridgehead atoms. The molecule has 12 heteroatoms. The van der Waals surface area contributed by atoms with Gasteiger partial charge in [0, 0.05) is 29.6 Å². The van der Waals surface area contributed by atoms with Gasteiger partial charge in [-0.25, -0.2) is 14.8 Å². The van der Waals surface area contributed by atoms with Crippen LogP contribution in [0.4, 0.5) is 24.7 Å². The van der Waals surface area contributed by atoms with E-state index in [9.17, 15) is 27.9 Å². The highest BCUT2D eigenvalue weighted by atomic mass is 19.4. The van der Waals surface area contributed by atoms with E-state index < -0.39 is 18.4 Å². The number of carboxylic acid groups (broad SMARTS) is 1. The average molecular weight is 591 g/mol. The Bertz CT molecular complexity index is 1840. The number of hydrogen-bond donors (Lipinski definition) is 2. The molecule has 0 saturated carbocycles. The second kappa shape index (κ2) is 10.9. The highest BCUT2D eigenvalue weighted by Crippen LogP contribution is 2.38. The van der Waals surface area contributed by atoms with Gasteiger partial charge in [0.25, 0.3) is 0 Å². The SMILES string of the molecule is Cc1nc(N2C[C@@H](CC(=O)Nc3ccc(-c4ccccc4OC(F)(F)F)cc3)C[C@H]2C(=O)O)c2oc3ccccc3c2n1. The molecule has 0 spiro atoms. The van der Waals surface area contributed by atoms with Crippen LogP contribution in [0.15, 0.2) is 77.2 Å². The number of alkyl halides is 3. The van der Waals surface area contributed by atoms with Gasteiger partial charge < -0.3 is 24.5 Å². The Balaban J connectivity index is 1.17. The molecular weight excluding hydrogens is 565 g/mol. The van der Waals surface area contributed by atoms with E-state index in [0.717, 1.165) is 5.39 Å². The fourth-order valence-electron chi connectivity index (χ4n) is 5.55. The highest BCUT2D eigenvalue weighted by Gasteiger charge is 2.40. The summed E-state index contributed by atoms with van der Waals surface area (Å²) in [6.45, 7) is 2.00. The first-order valence-electron chi connectivity index (χ1n) is 13.5. The van der Waals surface area contributed by atoms with Crippen LogP contribution in [0.2, 0.25) is 0 Å². The molecule has 1 saturated heterocycles. The van der Waals surface area contributed by atoms with E-state index in [1.54, 1.807) is 42.2 Å². The Morgan fingerprint density at radius 1 is 1.05 bits per heavy atom. The minimum Gasteiger partial charge on any atom is -0.480 e. The fraction of sp³-hybridized carbons (Fsp3) is 0.226. The summed E-state index contributed by atoms with van der Waals surface area (Å²) >= 11 is 0. The molecule has 6 rings (SSSR count). The third kappa shape index (κ3) is 5.81. The number of rotatable bonds is 7. The first-order chi connectivity index (χ1) is 20.6. The molecule has 2 atom stereocenters. The quantitative estimate of drug-likeness (QED) is 0.219. The number of hydrogen-bond acceptors (Lipinski definition) is 7. The monoisotopic (exact) mass is 590 g/mol. The Kier molecular flexibility index (Phi) is 7.12. The van der Waals surface area contributed by atoms with Gasteiger partial charge in [0.05, 0.1) is 0 Å². The number of benzene rings is 3. The zero-order valence-corrected chi connectivity index (χ0v) is 22.8. The number of aliphatic carboxylic acids is 1. The van der Waals surface area contributed by atoms with Crippen LogP contribution in [0, 0.1) is 12.8 Å². The van der Waals surface area contributed by atoms with Gasteiger partial charge in [-0.2, -0.15) is 0 Å². The van der Waals surface area contributed by atoms with Crippen molar-refractivity contribution in [3.63, 3.8) is 0 Å². The summed E-state index contributed by atoms with van der Waals surface area (Å²) in [5.74, 6) is -1.13. The molecule has 1 fully saturated rings. The number of aromatic nitrogens is 2. The summed E-state index contributed by atoms with van der Waals surface area (Å²) in [5, 5.41) is 13.6. The lowest BCUT2D eigenvalue weighted by Gasteiger charge is -2.22. The van der Waals surface area contributed by atoms with E-state index in [4.69, 9.17) is 4.42 Å². The molecule has 1 aliphatic heterocycles. The Labute approximate surface area is 242 Å². The Morgan fingerprint density at radius 3 is 2.51 bits per heavy atom. The molecule has 9 nitrogen and oxygen atoms in total. The fourth-order valence-corrected chi connectivity index (χ4v) is 5.55. The number of fused-ring (bicyclic) bond motifs is 3. The van der Waals surface area contributed by atoms with Crippen molar-refractivity contribution >= 4 is 45.5 Å². The molecule has 3 heterocycles. The maximum absolute atomic E-state index is 13.0. The molecule has 2 N–H and O–H groups in total. The zero-order valence-electron chi connectivity index (χ0n) is 22.8. The number of anilines is 2. The summed E-state index contributed by atoms with van der Waals surface area (Å²) in [6.07, 6.45) is -4.55. The van der Waals surface area contributed by atoms with Crippen molar-refractivity contribution in [3.8, 4) is 16.9 Å². The van der Waals surface area contributed by atoms with E-state index in [1.807, 2.05) is 24.3 Å². The van der Waals surface area contributed by atoms with Crippen molar-refractivity contribution in [2.24, 2.45) is 5.92 Å².